The fraction of sp³-hybridized carbons (Fsp3) is 0.833. The second kappa shape index (κ2) is 6.08. The van der Waals surface area contributed by atoms with E-state index in [4.69, 9.17) is 0 Å². The Morgan fingerprint density at radius 3 is 2.16 bits per heavy atom. The van der Waals surface area contributed by atoms with Crippen LogP contribution in [-0.2, 0) is 32.8 Å². The van der Waals surface area contributed by atoms with Gasteiger partial charge in [0, 0.05) is 6.54 Å². The molecule has 0 spiro atoms. The highest BCUT2D eigenvalue weighted by Gasteiger charge is 2.42. The van der Waals surface area contributed by atoms with Crippen molar-refractivity contribution in [1.82, 2.24) is 5.32 Å². The molecule has 19 heavy (non-hydrogen) atoms. The van der Waals surface area contributed by atoms with Crippen LogP contribution in [0.1, 0.15) is 6.92 Å². The largest absolute Gasteiger partial charge is 0.418 e. The number of hydrogen-bond acceptors (Lipinski definition) is 9. The molecule has 0 aromatic heterocycles. The van der Waals surface area contributed by atoms with E-state index in [-0.39, 0.29) is 11.0 Å². The van der Waals surface area contributed by atoms with E-state index in [0.717, 1.165) is 0 Å². The minimum atomic E-state index is -4.61. The first-order valence-electron chi connectivity index (χ1n) is 4.65. The van der Waals surface area contributed by atoms with Gasteiger partial charge in [0.05, 0.1) is 12.5 Å². The van der Waals surface area contributed by atoms with Crippen LogP contribution in [-0.4, -0.2) is 53.0 Å². The number of aliphatic imine (C=N–C) groups is 1. The Kier molecular flexibility index (Phi) is 5.82. The van der Waals surface area contributed by atoms with Gasteiger partial charge in [-0.15, -0.1) is 3.63 Å². The minimum Gasteiger partial charge on any atom is -0.412 e. The lowest BCUT2D eigenvalue weighted by Gasteiger charge is -2.25. The molecule has 0 bridgehead atoms. The second-order valence-corrected chi connectivity index (χ2v) is 5.99. The fourth-order valence-corrected chi connectivity index (χ4v) is 3.40. The molecule has 114 valence electrons. The van der Waals surface area contributed by atoms with Crippen LogP contribution in [0.5, 0.6) is 0 Å². The molecule has 1 fully saturated rings. The first kappa shape index (κ1) is 18.2. The first-order valence-corrected chi connectivity index (χ1v) is 7.31. The van der Waals surface area contributed by atoms with Crippen molar-refractivity contribution in [2.24, 2.45) is 10.9 Å². The van der Waals surface area contributed by atoms with Gasteiger partial charge in [-0.25, -0.2) is 8.37 Å². The van der Waals surface area contributed by atoms with Gasteiger partial charge in [0.15, 0.2) is 0 Å². The van der Waals surface area contributed by atoms with Crippen LogP contribution in [0.25, 0.3) is 0 Å². The van der Waals surface area contributed by atoms with Gasteiger partial charge in [-0.1, -0.05) is 6.92 Å². The second-order valence-electron chi connectivity index (χ2n) is 3.43. The van der Waals surface area contributed by atoms with Crippen LogP contribution in [0, 0.1) is 5.92 Å². The summed E-state index contributed by atoms with van der Waals surface area (Å²) in [5, 5.41) is 2.87. The van der Waals surface area contributed by atoms with E-state index in [1.54, 1.807) is 0 Å². The maximum atomic E-state index is 11.0. The standard InChI is InChI=1S/C6H10N2O7S2.2H2O/c1-4(5-7-2-3-8-5)6-13-16(9,10)15-17(11,12)14-6;;/h4,6H,2-3H2,1H3,(H,7,8);2*1H2. The van der Waals surface area contributed by atoms with Gasteiger partial charge >= 0.3 is 20.8 Å². The molecule has 0 saturated carbocycles. The molecular weight excluding hydrogens is 308 g/mol. The van der Waals surface area contributed by atoms with Crippen molar-refractivity contribution in [3.8, 4) is 0 Å². The van der Waals surface area contributed by atoms with Gasteiger partial charge < -0.3 is 16.3 Å². The Morgan fingerprint density at radius 1 is 1.21 bits per heavy atom. The zero-order valence-electron chi connectivity index (χ0n) is 9.69. The molecule has 1 atom stereocenters. The van der Waals surface area contributed by atoms with Crippen molar-refractivity contribution in [3.05, 3.63) is 0 Å². The highest BCUT2D eigenvalue weighted by Crippen LogP contribution is 2.24. The Labute approximate surface area is 109 Å². The van der Waals surface area contributed by atoms with E-state index in [1.807, 2.05) is 0 Å². The van der Waals surface area contributed by atoms with E-state index in [0.29, 0.717) is 18.9 Å². The molecule has 0 radical (unpaired) electrons. The van der Waals surface area contributed by atoms with Crippen LogP contribution in [0.2, 0.25) is 0 Å². The third kappa shape index (κ3) is 4.34. The van der Waals surface area contributed by atoms with Crippen LogP contribution in [0.4, 0.5) is 0 Å². The normalized spacial score (nSPS) is 26.3. The molecule has 0 aliphatic carbocycles. The van der Waals surface area contributed by atoms with Crippen molar-refractivity contribution in [1.29, 1.82) is 0 Å². The summed E-state index contributed by atoms with van der Waals surface area (Å²) in [5.41, 5.74) is 0. The average molecular weight is 322 g/mol. The lowest BCUT2D eigenvalue weighted by atomic mass is 10.1. The summed E-state index contributed by atoms with van der Waals surface area (Å²) in [5.74, 6) is -0.242. The summed E-state index contributed by atoms with van der Waals surface area (Å²) >= 11 is 0. The van der Waals surface area contributed by atoms with Gasteiger partial charge in [0.25, 0.3) is 0 Å². The van der Waals surface area contributed by atoms with Crippen LogP contribution in [0.3, 0.4) is 0 Å². The Bertz CT molecular complexity index is 505. The predicted molar refractivity (Wildman–Crippen MR) is 61.6 cm³/mol. The van der Waals surface area contributed by atoms with Crippen molar-refractivity contribution < 1.29 is 39.8 Å². The number of rotatable bonds is 2. The third-order valence-electron chi connectivity index (χ3n) is 2.13. The summed E-state index contributed by atoms with van der Waals surface area (Å²) in [6.07, 6.45) is -1.51. The van der Waals surface area contributed by atoms with Gasteiger partial charge in [-0.2, -0.15) is 16.8 Å². The van der Waals surface area contributed by atoms with Gasteiger partial charge in [0.1, 0.15) is 5.84 Å². The SMILES string of the molecule is CC(C1=NCCN1)C1OS(=O)(=O)OS(=O)(=O)O1.O.O. The van der Waals surface area contributed by atoms with Crippen molar-refractivity contribution >= 4 is 26.6 Å². The van der Waals surface area contributed by atoms with E-state index >= 15 is 0 Å². The minimum absolute atomic E-state index is 0. The molecule has 1 unspecified atom stereocenters. The molecule has 0 aromatic rings. The van der Waals surface area contributed by atoms with Crippen molar-refractivity contribution in [2.75, 3.05) is 13.1 Å². The first-order chi connectivity index (χ1) is 7.79. The lowest BCUT2D eigenvalue weighted by molar-refractivity contribution is -0.0374. The number of amidine groups is 1. The molecule has 0 aromatic carbocycles. The fourth-order valence-electron chi connectivity index (χ4n) is 1.40. The molecule has 1 saturated heterocycles. The summed E-state index contributed by atoms with van der Waals surface area (Å²) < 4.78 is 56.6. The number of hydrogen-bond donors (Lipinski definition) is 1. The molecule has 0 amide bonds. The molecule has 2 rings (SSSR count). The molecule has 2 aliphatic heterocycles. The molecule has 2 aliphatic rings. The molecule has 2 heterocycles. The lowest BCUT2D eigenvalue weighted by Crippen LogP contribution is -2.43. The maximum absolute atomic E-state index is 11.0. The van der Waals surface area contributed by atoms with E-state index in [1.165, 1.54) is 6.92 Å². The Balaban J connectivity index is 0.00000162. The number of nitrogens with zero attached hydrogens (tertiary/aromatic N) is 1. The third-order valence-corrected chi connectivity index (χ3v) is 4.32. The van der Waals surface area contributed by atoms with E-state index < -0.39 is 33.0 Å². The zero-order chi connectivity index (χ0) is 12.7. The maximum Gasteiger partial charge on any atom is 0.418 e. The smallest absolute Gasteiger partial charge is 0.412 e. The van der Waals surface area contributed by atoms with Crippen molar-refractivity contribution in [2.45, 2.75) is 13.2 Å². The number of nitrogens with one attached hydrogen (secondary N) is 1. The van der Waals surface area contributed by atoms with Crippen molar-refractivity contribution in [3.63, 3.8) is 0 Å². The molecular formula is C6H14N2O9S2. The molecule has 13 heteroatoms. The Morgan fingerprint density at radius 2 is 1.74 bits per heavy atom. The monoisotopic (exact) mass is 322 g/mol. The molecule has 11 nitrogen and oxygen atoms in total. The summed E-state index contributed by atoms with van der Waals surface area (Å²) in [4.78, 5) is 4.02. The summed E-state index contributed by atoms with van der Waals surface area (Å²) in [7, 11) is -9.22. The van der Waals surface area contributed by atoms with Gasteiger partial charge in [-0.3, -0.25) is 4.99 Å². The van der Waals surface area contributed by atoms with Crippen LogP contribution >= 0.6 is 0 Å². The quantitative estimate of drug-likeness (QED) is 0.552. The summed E-state index contributed by atoms with van der Waals surface area (Å²) in [6, 6.07) is 0. The van der Waals surface area contributed by atoms with Gasteiger partial charge in [-0.05, 0) is 0 Å². The summed E-state index contributed by atoms with van der Waals surface area (Å²) in [6.45, 7) is 2.66. The van der Waals surface area contributed by atoms with E-state index in [9.17, 15) is 16.8 Å². The van der Waals surface area contributed by atoms with Crippen LogP contribution in [0.15, 0.2) is 4.99 Å². The molecule has 5 N–H and O–H groups in total. The van der Waals surface area contributed by atoms with Crippen LogP contribution < -0.4 is 5.32 Å². The topological polar surface area (TPSA) is 183 Å². The van der Waals surface area contributed by atoms with E-state index in [2.05, 4.69) is 22.3 Å². The predicted octanol–water partition coefficient (Wildman–Crippen LogP) is -3.15. The highest BCUT2D eigenvalue weighted by molar-refractivity contribution is 7.95. The zero-order valence-corrected chi connectivity index (χ0v) is 11.3. The van der Waals surface area contributed by atoms with Gasteiger partial charge in [0.2, 0.25) is 6.29 Å². The Hall–Kier alpha value is -0.830. The average Bonchev–Trinajstić information content (AvgIpc) is 2.63. The highest BCUT2D eigenvalue weighted by atomic mass is 32.3.